The van der Waals surface area contributed by atoms with Gasteiger partial charge in [0.1, 0.15) is 0 Å². The van der Waals surface area contributed by atoms with Crippen molar-refractivity contribution in [3.05, 3.63) is 34.9 Å². The van der Waals surface area contributed by atoms with Crippen LogP contribution in [0.3, 0.4) is 0 Å². The number of rotatable bonds is 3. The van der Waals surface area contributed by atoms with Gasteiger partial charge in [0, 0.05) is 22.9 Å². The average molecular weight is 317 g/mol. The van der Waals surface area contributed by atoms with E-state index in [1.54, 1.807) is 0 Å². The zero-order chi connectivity index (χ0) is 12.1. The maximum atomic E-state index is 6.04. The second kappa shape index (κ2) is 6.77. The van der Waals surface area contributed by atoms with Crippen molar-refractivity contribution in [1.29, 1.82) is 0 Å². The molecule has 1 saturated heterocycles. The van der Waals surface area contributed by atoms with Crippen LogP contribution >= 0.6 is 27.5 Å². The summed E-state index contributed by atoms with van der Waals surface area (Å²) in [5.41, 5.74) is 1.32. The number of halogens is 2. The summed E-state index contributed by atoms with van der Waals surface area (Å²) in [5.74, 6) is 0. The highest BCUT2D eigenvalue weighted by Crippen LogP contribution is 2.21. The van der Waals surface area contributed by atoms with Gasteiger partial charge in [-0.1, -0.05) is 52.5 Å². The summed E-state index contributed by atoms with van der Waals surface area (Å²) in [6.07, 6.45) is 5.37. The molecule has 0 radical (unpaired) electrons. The quantitative estimate of drug-likeness (QED) is 0.743. The van der Waals surface area contributed by atoms with E-state index in [0.29, 0.717) is 6.04 Å². The van der Waals surface area contributed by atoms with Crippen LogP contribution in [-0.4, -0.2) is 22.8 Å². The summed E-state index contributed by atoms with van der Waals surface area (Å²) in [5, 5.41) is 1.92. The van der Waals surface area contributed by atoms with Crippen LogP contribution < -0.4 is 0 Å². The Bertz CT molecular complexity index is 356. The molecule has 17 heavy (non-hydrogen) atoms. The number of alkyl halides is 1. The van der Waals surface area contributed by atoms with E-state index in [9.17, 15) is 0 Å². The van der Waals surface area contributed by atoms with Gasteiger partial charge in [-0.15, -0.1) is 0 Å². The second-order valence-electron chi connectivity index (χ2n) is 4.76. The molecule has 1 aliphatic rings. The molecular weight excluding hydrogens is 298 g/mol. The van der Waals surface area contributed by atoms with Crippen molar-refractivity contribution < 1.29 is 0 Å². The van der Waals surface area contributed by atoms with Crippen molar-refractivity contribution in [3.8, 4) is 0 Å². The van der Waals surface area contributed by atoms with Crippen LogP contribution in [0.25, 0.3) is 0 Å². The number of hydrogen-bond acceptors (Lipinski definition) is 1. The lowest BCUT2D eigenvalue weighted by molar-refractivity contribution is 0.209. The first-order chi connectivity index (χ1) is 8.29. The number of benzene rings is 1. The van der Waals surface area contributed by atoms with E-state index in [2.05, 4.69) is 33.0 Å². The third kappa shape index (κ3) is 3.97. The fourth-order valence-corrected chi connectivity index (χ4v) is 3.44. The minimum atomic E-state index is 0.677. The number of likely N-dealkylation sites (tertiary alicyclic amines) is 1. The molecule has 1 nitrogen and oxygen atoms in total. The van der Waals surface area contributed by atoms with Crippen molar-refractivity contribution in [1.82, 2.24) is 4.90 Å². The van der Waals surface area contributed by atoms with Crippen molar-refractivity contribution in [2.24, 2.45) is 0 Å². The molecule has 1 heterocycles. The van der Waals surface area contributed by atoms with Gasteiger partial charge in [-0.25, -0.2) is 0 Å². The molecule has 0 amide bonds. The number of hydrogen-bond donors (Lipinski definition) is 0. The van der Waals surface area contributed by atoms with E-state index in [1.165, 1.54) is 37.8 Å². The number of nitrogens with zero attached hydrogens (tertiary/aromatic N) is 1. The minimum Gasteiger partial charge on any atom is -0.295 e. The highest BCUT2D eigenvalue weighted by atomic mass is 79.9. The van der Waals surface area contributed by atoms with Crippen molar-refractivity contribution >= 4 is 27.5 Å². The maximum absolute atomic E-state index is 6.04. The van der Waals surface area contributed by atoms with Gasteiger partial charge in [0.05, 0.1) is 0 Å². The van der Waals surface area contributed by atoms with Gasteiger partial charge in [0.25, 0.3) is 0 Å². The first-order valence-electron chi connectivity index (χ1n) is 6.34. The SMILES string of the molecule is Clc1cccc(CN2CCCCCC2CBr)c1. The molecule has 1 unspecified atom stereocenters. The summed E-state index contributed by atoms with van der Waals surface area (Å²) >= 11 is 9.68. The highest BCUT2D eigenvalue weighted by molar-refractivity contribution is 9.09. The van der Waals surface area contributed by atoms with Crippen LogP contribution in [0.1, 0.15) is 31.2 Å². The standard InChI is InChI=1S/C14H19BrClN/c15-10-14-7-2-1-3-8-17(14)11-12-5-4-6-13(16)9-12/h4-6,9,14H,1-3,7-8,10-11H2. The predicted molar refractivity (Wildman–Crippen MR) is 77.9 cm³/mol. The molecule has 0 aromatic heterocycles. The lowest BCUT2D eigenvalue weighted by Gasteiger charge is -2.28. The fraction of sp³-hybridized carbons (Fsp3) is 0.571. The Hall–Kier alpha value is -0.0500. The molecule has 1 aromatic carbocycles. The molecule has 1 aromatic rings. The highest BCUT2D eigenvalue weighted by Gasteiger charge is 2.19. The van der Waals surface area contributed by atoms with Crippen LogP contribution in [0, 0.1) is 0 Å². The van der Waals surface area contributed by atoms with Crippen molar-refractivity contribution in [2.75, 3.05) is 11.9 Å². The van der Waals surface area contributed by atoms with E-state index in [-0.39, 0.29) is 0 Å². The van der Waals surface area contributed by atoms with Gasteiger partial charge < -0.3 is 0 Å². The van der Waals surface area contributed by atoms with Gasteiger partial charge >= 0.3 is 0 Å². The molecule has 94 valence electrons. The Balaban J connectivity index is 2.04. The molecule has 1 aliphatic heterocycles. The largest absolute Gasteiger partial charge is 0.295 e. The maximum Gasteiger partial charge on any atom is 0.0409 e. The third-order valence-corrected chi connectivity index (χ3v) is 4.43. The molecule has 0 N–H and O–H groups in total. The minimum absolute atomic E-state index is 0.677. The molecule has 0 bridgehead atoms. The molecule has 2 rings (SSSR count). The summed E-state index contributed by atoms with van der Waals surface area (Å²) in [7, 11) is 0. The van der Waals surface area contributed by atoms with Gasteiger partial charge in [0.2, 0.25) is 0 Å². The first-order valence-corrected chi connectivity index (χ1v) is 7.84. The monoisotopic (exact) mass is 315 g/mol. The Morgan fingerprint density at radius 2 is 2.18 bits per heavy atom. The molecule has 0 aliphatic carbocycles. The molecule has 0 saturated carbocycles. The molecule has 1 fully saturated rings. The van der Waals surface area contributed by atoms with Crippen LogP contribution in [0.2, 0.25) is 5.02 Å². The Morgan fingerprint density at radius 1 is 1.29 bits per heavy atom. The Morgan fingerprint density at radius 3 is 2.94 bits per heavy atom. The molecular formula is C14H19BrClN. The average Bonchev–Trinajstić information content (AvgIpc) is 2.54. The molecule has 3 heteroatoms. The summed E-state index contributed by atoms with van der Waals surface area (Å²) in [6, 6.07) is 8.91. The molecule has 1 atom stereocenters. The molecule has 0 spiro atoms. The van der Waals surface area contributed by atoms with Gasteiger partial charge in [-0.3, -0.25) is 4.90 Å². The third-order valence-electron chi connectivity index (χ3n) is 3.45. The fourth-order valence-electron chi connectivity index (χ4n) is 2.49. The van der Waals surface area contributed by atoms with Gasteiger partial charge in [-0.2, -0.15) is 0 Å². The summed E-state index contributed by atoms with van der Waals surface area (Å²) in [4.78, 5) is 2.59. The van der Waals surface area contributed by atoms with E-state index >= 15 is 0 Å². The second-order valence-corrected chi connectivity index (χ2v) is 5.84. The summed E-state index contributed by atoms with van der Waals surface area (Å²) < 4.78 is 0. The zero-order valence-electron chi connectivity index (χ0n) is 10.0. The first kappa shape index (κ1) is 13.4. The topological polar surface area (TPSA) is 3.24 Å². The predicted octanol–water partition coefficient (Wildman–Crippen LogP) is 4.48. The van der Waals surface area contributed by atoms with E-state index < -0.39 is 0 Å². The van der Waals surface area contributed by atoms with Gasteiger partial charge in [0.15, 0.2) is 0 Å². The van der Waals surface area contributed by atoms with Gasteiger partial charge in [-0.05, 0) is 37.1 Å². The smallest absolute Gasteiger partial charge is 0.0409 e. The Labute approximate surface area is 117 Å². The van der Waals surface area contributed by atoms with Crippen LogP contribution in [-0.2, 0) is 6.54 Å². The normalized spacial score (nSPS) is 22.4. The van der Waals surface area contributed by atoms with Crippen LogP contribution in [0.5, 0.6) is 0 Å². The van der Waals surface area contributed by atoms with Crippen LogP contribution in [0.4, 0.5) is 0 Å². The van der Waals surface area contributed by atoms with E-state index in [0.717, 1.165) is 16.9 Å². The Kier molecular flexibility index (Phi) is 5.33. The van der Waals surface area contributed by atoms with Crippen LogP contribution in [0.15, 0.2) is 24.3 Å². The van der Waals surface area contributed by atoms with Crippen molar-refractivity contribution in [3.63, 3.8) is 0 Å². The summed E-state index contributed by atoms with van der Waals surface area (Å²) in [6.45, 7) is 2.24. The lowest BCUT2D eigenvalue weighted by Crippen LogP contribution is -2.35. The van der Waals surface area contributed by atoms with Crippen molar-refractivity contribution in [2.45, 2.75) is 38.3 Å². The van der Waals surface area contributed by atoms with E-state index in [1.807, 2.05) is 12.1 Å². The lowest BCUT2D eigenvalue weighted by atomic mass is 10.1. The zero-order valence-corrected chi connectivity index (χ0v) is 12.4. The van der Waals surface area contributed by atoms with E-state index in [4.69, 9.17) is 11.6 Å².